The lowest BCUT2D eigenvalue weighted by atomic mass is 9.80. The monoisotopic (exact) mass is 605 g/mol. The molecule has 3 amide bonds. The number of para-hydroxylation sites is 1. The van der Waals surface area contributed by atoms with Crippen LogP contribution in [0, 0.1) is 5.82 Å². The smallest absolute Gasteiger partial charge is 0.366 e. The van der Waals surface area contributed by atoms with Crippen LogP contribution in [0.5, 0.6) is 0 Å². The Morgan fingerprint density at radius 1 is 1.02 bits per heavy atom. The van der Waals surface area contributed by atoms with Crippen LogP contribution in [0.25, 0.3) is 5.69 Å². The largest absolute Gasteiger partial charge is 0.416 e. The molecule has 3 aromatic carbocycles. The molecule has 1 aliphatic rings. The van der Waals surface area contributed by atoms with Gasteiger partial charge in [0, 0.05) is 35.6 Å². The molecule has 0 fully saturated rings. The lowest BCUT2D eigenvalue weighted by Crippen LogP contribution is -2.55. The average Bonchev–Trinajstić information content (AvgIpc) is 3.36. The predicted molar refractivity (Wildman–Crippen MR) is 155 cm³/mol. The third kappa shape index (κ3) is 5.70. The minimum atomic E-state index is -4.69. The molecule has 1 aromatic heterocycles. The van der Waals surface area contributed by atoms with Crippen LogP contribution in [0.3, 0.4) is 0 Å². The van der Waals surface area contributed by atoms with Crippen molar-refractivity contribution in [3.05, 3.63) is 125 Å². The zero-order valence-corrected chi connectivity index (χ0v) is 23.4. The fourth-order valence-corrected chi connectivity index (χ4v) is 5.34. The molecular formula is C32H27F4N5O3. The van der Waals surface area contributed by atoms with E-state index in [1.165, 1.54) is 35.2 Å². The van der Waals surface area contributed by atoms with E-state index in [4.69, 9.17) is 10.8 Å². The number of nitrogens with two attached hydrogens (primary N) is 1. The Balaban J connectivity index is 1.72. The average molecular weight is 606 g/mol. The predicted octanol–water partition coefficient (Wildman–Crippen LogP) is 4.91. The molecule has 3 N–H and O–H groups in total. The fraction of sp³-hybridized carbons (Fsp3) is 0.188. The van der Waals surface area contributed by atoms with E-state index in [1.807, 2.05) is 0 Å². The summed E-state index contributed by atoms with van der Waals surface area (Å²) in [5.41, 5.74) is 5.99. The number of nitrogens with zero attached hydrogens (tertiary/aromatic N) is 3. The Labute approximate surface area is 249 Å². The molecule has 226 valence electrons. The molecule has 0 saturated heterocycles. The zero-order valence-electron chi connectivity index (χ0n) is 23.4. The van der Waals surface area contributed by atoms with E-state index in [2.05, 4.69) is 11.9 Å². The molecule has 0 spiro atoms. The van der Waals surface area contributed by atoms with E-state index < -0.39 is 47.2 Å². The van der Waals surface area contributed by atoms with Crippen LogP contribution in [0.15, 0.2) is 91.0 Å². The number of anilines is 1. The van der Waals surface area contributed by atoms with Gasteiger partial charge in [-0.3, -0.25) is 19.3 Å². The number of rotatable bonds is 8. The summed E-state index contributed by atoms with van der Waals surface area (Å²) in [6.07, 6.45) is -4.79. The number of nitrogens with one attached hydrogen (secondary N) is 1. The fourth-order valence-electron chi connectivity index (χ4n) is 5.34. The number of likely N-dealkylation sites (N-methyl/N-ethyl adjacent to an activating group) is 1. The van der Waals surface area contributed by atoms with Gasteiger partial charge in [-0.1, -0.05) is 43.0 Å². The number of carbonyl (C=O) groups is 3. The van der Waals surface area contributed by atoms with Crippen molar-refractivity contribution in [1.82, 2.24) is 15.1 Å². The molecule has 2 atom stereocenters. The molecule has 8 nitrogen and oxygen atoms in total. The van der Waals surface area contributed by atoms with E-state index in [-0.39, 0.29) is 24.1 Å². The number of hydrogen-bond acceptors (Lipinski definition) is 4. The molecule has 1 aliphatic heterocycles. The van der Waals surface area contributed by atoms with Gasteiger partial charge in [0.15, 0.2) is 0 Å². The molecule has 4 aromatic rings. The second-order valence-electron chi connectivity index (χ2n) is 10.2. The molecule has 0 unspecified atom stereocenters. The standard InChI is InChI=1S/C32H27F4N5O3/c1-3-40-30-26(24(16-18(2)28(37)42)39-41(30)23-10-5-4-6-11-23)25(19-12-14-22(33)15-13-19)27(31(40)44)38-29(43)20-8-7-9-21(17-20)32(34,35)36/h4-15,17,25,27H,2-3,16H2,1H3,(H2,37,42)(H,38,43)/t25-,27-/m0/s1. The minimum absolute atomic E-state index is 0.0351. The first-order valence-corrected chi connectivity index (χ1v) is 13.6. The SMILES string of the molecule is C=C(Cc1nn(-c2ccccc2)c2c1[C@H](c1ccc(F)cc1)[C@H](NC(=O)c1cccc(C(F)(F)F)c1)C(=O)N2CC)C(N)=O. The van der Waals surface area contributed by atoms with Crippen LogP contribution in [-0.2, 0) is 22.2 Å². The van der Waals surface area contributed by atoms with Crippen molar-refractivity contribution in [3.8, 4) is 5.69 Å². The van der Waals surface area contributed by atoms with E-state index in [0.29, 0.717) is 34.4 Å². The van der Waals surface area contributed by atoms with Crippen LogP contribution in [-0.4, -0.2) is 40.1 Å². The summed E-state index contributed by atoms with van der Waals surface area (Å²) in [4.78, 5) is 41.1. The first-order valence-electron chi connectivity index (χ1n) is 13.6. The molecular weight excluding hydrogens is 578 g/mol. The van der Waals surface area contributed by atoms with Crippen molar-refractivity contribution in [2.45, 2.75) is 31.5 Å². The van der Waals surface area contributed by atoms with Gasteiger partial charge in [0.2, 0.25) is 5.91 Å². The van der Waals surface area contributed by atoms with Gasteiger partial charge in [-0.2, -0.15) is 18.3 Å². The van der Waals surface area contributed by atoms with Gasteiger partial charge in [-0.05, 0) is 55.0 Å². The summed E-state index contributed by atoms with van der Waals surface area (Å²) < 4.78 is 55.8. The molecule has 0 radical (unpaired) electrons. The van der Waals surface area contributed by atoms with Crippen molar-refractivity contribution in [1.29, 1.82) is 0 Å². The van der Waals surface area contributed by atoms with Crippen molar-refractivity contribution in [2.24, 2.45) is 5.73 Å². The number of alkyl halides is 3. The number of carbonyl (C=O) groups excluding carboxylic acids is 3. The quantitative estimate of drug-likeness (QED) is 0.220. The topological polar surface area (TPSA) is 110 Å². The van der Waals surface area contributed by atoms with Gasteiger partial charge < -0.3 is 11.1 Å². The normalized spacial score (nSPS) is 16.4. The van der Waals surface area contributed by atoms with Gasteiger partial charge in [0.1, 0.15) is 17.7 Å². The van der Waals surface area contributed by atoms with Crippen molar-refractivity contribution in [3.63, 3.8) is 0 Å². The van der Waals surface area contributed by atoms with E-state index >= 15 is 0 Å². The maximum atomic E-state index is 14.2. The summed E-state index contributed by atoms with van der Waals surface area (Å²) in [6, 6.07) is 16.7. The van der Waals surface area contributed by atoms with Crippen LogP contribution < -0.4 is 16.0 Å². The van der Waals surface area contributed by atoms with Gasteiger partial charge >= 0.3 is 6.18 Å². The maximum absolute atomic E-state index is 14.2. The molecule has 2 heterocycles. The van der Waals surface area contributed by atoms with E-state index in [1.54, 1.807) is 41.9 Å². The molecule has 0 saturated carbocycles. The summed E-state index contributed by atoms with van der Waals surface area (Å²) >= 11 is 0. The Morgan fingerprint density at radius 3 is 2.32 bits per heavy atom. The van der Waals surface area contributed by atoms with Crippen LogP contribution in [0.2, 0.25) is 0 Å². The summed E-state index contributed by atoms with van der Waals surface area (Å²) in [5, 5.41) is 7.41. The molecule has 0 bridgehead atoms. The lowest BCUT2D eigenvalue weighted by Gasteiger charge is -2.38. The molecule has 44 heavy (non-hydrogen) atoms. The van der Waals surface area contributed by atoms with Gasteiger partial charge in [-0.25, -0.2) is 9.07 Å². The highest BCUT2D eigenvalue weighted by Gasteiger charge is 2.46. The Morgan fingerprint density at radius 2 is 1.70 bits per heavy atom. The van der Waals surface area contributed by atoms with Gasteiger partial charge in [-0.15, -0.1) is 0 Å². The first kappa shape index (κ1) is 30.2. The molecule has 12 heteroatoms. The van der Waals surface area contributed by atoms with Crippen LogP contribution in [0.1, 0.15) is 45.6 Å². The number of hydrogen-bond donors (Lipinski definition) is 2. The second kappa shape index (κ2) is 11.8. The third-order valence-corrected chi connectivity index (χ3v) is 7.42. The second-order valence-corrected chi connectivity index (χ2v) is 10.2. The zero-order chi connectivity index (χ0) is 31.8. The third-order valence-electron chi connectivity index (χ3n) is 7.42. The van der Waals surface area contributed by atoms with Crippen molar-refractivity contribution >= 4 is 23.5 Å². The van der Waals surface area contributed by atoms with E-state index in [9.17, 15) is 31.9 Å². The van der Waals surface area contributed by atoms with Crippen molar-refractivity contribution < 1.29 is 31.9 Å². The number of fused-ring (bicyclic) bond motifs is 1. The van der Waals surface area contributed by atoms with Crippen LogP contribution >= 0.6 is 0 Å². The lowest BCUT2D eigenvalue weighted by molar-refractivity contribution is -0.137. The highest BCUT2D eigenvalue weighted by Crippen LogP contribution is 2.44. The Bertz CT molecular complexity index is 1750. The maximum Gasteiger partial charge on any atom is 0.416 e. The van der Waals surface area contributed by atoms with E-state index in [0.717, 1.165) is 12.1 Å². The van der Waals surface area contributed by atoms with Crippen LogP contribution in [0.4, 0.5) is 23.4 Å². The summed E-state index contributed by atoms with van der Waals surface area (Å²) in [6.45, 7) is 5.61. The first-order chi connectivity index (χ1) is 20.9. The highest BCUT2D eigenvalue weighted by molar-refractivity contribution is 6.05. The van der Waals surface area contributed by atoms with Crippen molar-refractivity contribution in [2.75, 3.05) is 11.4 Å². The number of benzene rings is 3. The molecule has 0 aliphatic carbocycles. The Kier molecular flexibility index (Phi) is 8.09. The Hall–Kier alpha value is -5.26. The highest BCUT2D eigenvalue weighted by atomic mass is 19.4. The van der Waals surface area contributed by atoms with Gasteiger partial charge in [0.25, 0.3) is 11.8 Å². The number of aromatic nitrogens is 2. The number of amides is 3. The summed E-state index contributed by atoms with van der Waals surface area (Å²) in [5.74, 6) is -3.41. The molecule has 5 rings (SSSR count). The minimum Gasteiger partial charge on any atom is -0.366 e. The number of primary amides is 1. The summed E-state index contributed by atoms with van der Waals surface area (Å²) in [7, 11) is 0. The number of halogens is 4. The van der Waals surface area contributed by atoms with Gasteiger partial charge in [0.05, 0.1) is 16.9 Å².